The van der Waals surface area contributed by atoms with Crippen molar-refractivity contribution in [3.63, 3.8) is 0 Å². The van der Waals surface area contributed by atoms with E-state index in [2.05, 4.69) is 11.3 Å². The summed E-state index contributed by atoms with van der Waals surface area (Å²) in [4.78, 5) is 42.4. The molecular weight excluding hydrogens is 598 g/mol. The van der Waals surface area contributed by atoms with E-state index in [1.54, 1.807) is 18.2 Å². The number of esters is 1. The molecule has 1 unspecified atom stereocenters. The van der Waals surface area contributed by atoms with Crippen LogP contribution in [-0.4, -0.2) is 66.3 Å². The first-order valence-electron chi connectivity index (χ1n) is 16.3. The quantitative estimate of drug-likeness (QED) is 0.326. The summed E-state index contributed by atoms with van der Waals surface area (Å²) in [5.41, 5.74) is -4.19. The van der Waals surface area contributed by atoms with Gasteiger partial charge in [-0.3, -0.25) is 14.4 Å². The van der Waals surface area contributed by atoms with Crippen LogP contribution in [0.2, 0.25) is 0 Å². The standard InChI is InChI=1S/C34H41NO9S/c1-18-22-13-14-23-31-17-43-34(40,27(37)26(31)30(2,3)16-15-24(31)36)32(23)25(22)33(18,29(32)39)44-28(38)19-9-11-20(12-10-19)35-45(41,42)21-7-5-4-6-8-21/h4-8,19-20,22-23,25-27,35,37,40H,1,9-17H2,2-3H3/t19?,20?,22-,23-,25+,26+,27-,31+,32+,33?,34+/m0/s1. The van der Waals surface area contributed by atoms with Crippen LogP contribution >= 0.6 is 0 Å². The summed E-state index contributed by atoms with van der Waals surface area (Å²) in [5.74, 6) is -5.67. The number of fused-ring (bicyclic) bond motifs is 1. The third-order valence-electron chi connectivity index (χ3n) is 13.4. The Kier molecular flexibility index (Phi) is 6.07. The number of aliphatic hydroxyl groups excluding tert-OH is 1. The van der Waals surface area contributed by atoms with E-state index in [1.807, 2.05) is 13.8 Å². The Labute approximate surface area is 263 Å². The predicted octanol–water partition coefficient (Wildman–Crippen LogP) is 2.67. The van der Waals surface area contributed by atoms with E-state index in [1.165, 1.54) is 12.1 Å². The summed E-state index contributed by atoms with van der Waals surface area (Å²) in [7, 11) is -3.69. The maximum Gasteiger partial charge on any atom is 0.310 e. The summed E-state index contributed by atoms with van der Waals surface area (Å²) < 4.78 is 40.6. The van der Waals surface area contributed by atoms with E-state index >= 15 is 0 Å². The van der Waals surface area contributed by atoms with Gasteiger partial charge in [-0.25, -0.2) is 13.1 Å². The number of aliphatic hydroxyl groups is 2. The second-order valence-corrected chi connectivity index (χ2v) is 17.2. The normalized spacial score (nSPS) is 47.5. The minimum Gasteiger partial charge on any atom is -0.446 e. The van der Waals surface area contributed by atoms with Gasteiger partial charge in [-0.15, -0.1) is 0 Å². The van der Waals surface area contributed by atoms with E-state index in [0.717, 1.165) is 0 Å². The summed E-state index contributed by atoms with van der Waals surface area (Å²) in [6, 6.07) is 7.81. The van der Waals surface area contributed by atoms with Crippen molar-refractivity contribution in [2.24, 2.45) is 45.8 Å². The summed E-state index contributed by atoms with van der Waals surface area (Å²) in [5, 5.41) is 24.1. The number of carbonyl (C=O) groups excluding carboxylic acids is 3. The molecule has 8 fully saturated rings. The van der Waals surface area contributed by atoms with Crippen LogP contribution in [0.4, 0.5) is 0 Å². The van der Waals surface area contributed by atoms with Crippen molar-refractivity contribution in [3.8, 4) is 0 Å². The zero-order valence-electron chi connectivity index (χ0n) is 25.7. The van der Waals surface area contributed by atoms with Gasteiger partial charge in [-0.05, 0) is 79.9 Å². The molecular formula is C34H41NO9S. The first-order valence-corrected chi connectivity index (χ1v) is 17.8. The molecule has 0 aromatic heterocycles. The average molecular weight is 640 g/mol. The molecule has 3 N–H and O–H groups in total. The molecule has 0 amide bonds. The third kappa shape index (κ3) is 3.29. The molecule has 2 spiro atoms. The van der Waals surface area contributed by atoms with E-state index in [-0.39, 0.29) is 29.2 Å². The van der Waals surface area contributed by atoms with Gasteiger partial charge < -0.3 is 19.7 Å². The van der Waals surface area contributed by atoms with Gasteiger partial charge in [0.25, 0.3) is 0 Å². The highest BCUT2D eigenvalue weighted by Gasteiger charge is 2.97. The maximum absolute atomic E-state index is 14.7. The van der Waals surface area contributed by atoms with Crippen molar-refractivity contribution in [2.45, 2.75) is 93.6 Å². The molecule has 242 valence electrons. The number of carbonyl (C=O) groups is 3. The molecule has 2 bridgehead atoms. The molecule has 2 aliphatic heterocycles. The van der Waals surface area contributed by atoms with Gasteiger partial charge in [0.1, 0.15) is 17.3 Å². The van der Waals surface area contributed by atoms with Crippen LogP contribution < -0.4 is 4.72 Å². The highest BCUT2D eigenvalue weighted by atomic mass is 32.2. The van der Waals surface area contributed by atoms with Crippen LogP contribution in [-0.2, 0) is 33.9 Å². The van der Waals surface area contributed by atoms with Crippen molar-refractivity contribution in [1.29, 1.82) is 0 Å². The molecule has 0 radical (unpaired) electrons. The van der Waals surface area contributed by atoms with Crippen LogP contribution in [0.25, 0.3) is 0 Å². The fraction of sp³-hybridized carbons (Fsp3) is 0.676. The summed E-state index contributed by atoms with van der Waals surface area (Å²) in [6.07, 6.45) is 2.30. The van der Waals surface area contributed by atoms with Crippen LogP contribution in [0.1, 0.15) is 65.2 Å². The molecule has 11 heteroatoms. The zero-order valence-corrected chi connectivity index (χ0v) is 26.5. The Hall–Kier alpha value is -2.44. The minimum atomic E-state index is -3.69. The van der Waals surface area contributed by atoms with Gasteiger partial charge in [0.15, 0.2) is 11.4 Å². The van der Waals surface area contributed by atoms with Crippen LogP contribution in [0, 0.1) is 45.8 Å². The molecule has 2 saturated heterocycles. The Balaban J connectivity index is 1.04. The molecule has 1 aromatic carbocycles. The van der Waals surface area contributed by atoms with Crippen LogP contribution in [0.5, 0.6) is 0 Å². The van der Waals surface area contributed by atoms with Crippen molar-refractivity contribution in [3.05, 3.63) is 42.5 Å². The van der Waals surface area contributed by atoms with Crippen molar-refractivity contribution in [2.75, 3.05) is 6.61 Å². The number of nitrogens with one attached hydrogen (secondary N) is 1. The number of sulfonamides is 1. The van der Waals surface area contributed by atoms with E-state index in [9.17, 15) is 33.0 Å². The van der Waals surface area contributed by atoms with Gasteiger partial charge >= 0.3 is 5.97 Å². The number of rotatable bonds is 5. The second-order valence-electron chi connectivity index (χ2n) is 15.4. The molecule has 2 heterocycles. The number of benzene rings is 1. The highest BCUT2D eigenvalue weighted by Crippen LogP contribution is 2.85. The van der Waals surface area contributed by atoms with Gasteiger partial charge in [-0.1, -0.05) is 38.6 Å². The van der Waals surface area contributed by atoms with Crippen LogP contribution in [0.15, 0.2) is 47.4 Å². The van der Waals surface area contributed by atoms with Crippen LogP contribution in [0.3, 0.4) is 0 Å². The molecule has 9 atom stereocenters. The third-order valence-corrected chi connectivity index (χ3v) is 14.9. The van der Waals surface area contributed by atoms with Gasteiger partial charge in [0.2, 0.25) is 15.8 Å². The smallest absolute Gasteiger partial charge is 0.310 e. The van der Waals surface area contributed by atoms with Gasteiger partial charge in [0, 0.05) is 24.3 Å². The van der Waals surface area contributed by atoms with E-state index in [0.29, 0.717) is 56.9 Å². The van der Waals surface area contributed by atoms with E-state index < -0.39 is 79.2 Å². The SMILES string of the molecule is C=C1[C@@H]2CC[C@H]3[C@@]45CO[C@](O)([C@@H](O)[C@@H]4C(C)(C)CCC5=O)[C@]34C(=O)C1(OC(=O)C1CCC(NS(=O)(=O)c3ccccc3)CC1)[C@H]24. The second kappa shape index (κ2) is 9.13. The lowest BCUT2D eigenvalue weighted by Gasteiger charge is -2.84. The zero-order chi connectivity index (χ0) is 31.9. The molecule has 10 nitrogen and oxygen atoms in total. The lowest BCUT2D eigenvalue weighted by Crippen LogP contribution is -2.97. The molecule has 9 rings (SSSR count). The Morgan fingerprint density at radius 2 is 1.73 bits per heavy atom. The highest BCUT2D eigenvalue weighted by molar-refractivity contribution is 7.89. The Bertz CT molecular complexity index is 1630. The summed E-state index contributed by atoms with van der Waals surface area (Å²) in [6.45, 7) is 8.19. The molecule has 8 aliphatic rings. The maximum atomic E-state index is 14.7. The fourth-order valence-corrected chi connectivity index (χ4v) is 12.8. The number of hydrogen-bond acceptors (Lipinski definition) is 9. The number of ether oxygens (including phenoxy) is 2. The number of hydrogen-bond donors (Lipinski definition) is 3. The molecule has 45 heavy (non-hydrogen) atoms. The Morgan fingerprint density at radius 1 is 1.04 bits per heavy atom. The minimum absolute atomic E-state index is 0.0180. The average Bonchev–Trinajstić information content (AvgIpc) is 3.02. The predicted molar refractivity (Wildman–Crippen MR) is 158 cm³/mol. The van der Waals surface area contributed by atoms with E-state index in [4.69, 9.17) is 9.47 Å². The number of Topliss-reactive ketones (excluding diaryl/α,β-unsaturated/α-hetero) is 2. The Morgan fingerprint density at radius 3 is 2.42 bits per heavy atom. The fourth-order valence-electron chi connectivity index (χ4n) is 11.5. The van der Waals surface area contributed by atoms with Crippen molar-refractivity contribution >= 4 is 27.6 Å². The molecule has 6 aliphatic carbocycles. The molecule has 1 aromatic rings. The monoisotopic (exact) mass is 639 g/mol. The van der Waals surface area contributed by atoms with Crippen molar-refractivity contribution < 1.29 is 42.5 Å². The van der Waals surface area contributed by atoms with Crippen molar-refractivity contribution in [1.82, 2.24) is 4.72 Å². The number of ketones is 2. The topological polar surface area (TPSA) is 156 Å². The lowest BCUT2D eigenvalue weighted by molar-refractivity contribution is -0.465. The lowest BCUT2D eigenvalue weighted by atomic mass is 9.21. The van der Waals surface area contributed by atoms with Gasteiger partial charge in [0.05, 0.1) is 22.8 Å². The first kappa shape index (κ1) is 29.9. The van der Waals surface area contributed by atoms with Gasteiger partial charge in [-0.2, -0.15) is 0 Å². The summed E-state index contributed by atoms with van der Waals surface area (Å²) >= 11 is 0. The molecule has 6 saturated carbocycles. The first-order chi connectivity index (χ1) is 21.2. The largest absolute Gasteiger partial charge is 0.446 e.